The molecule has 0 spiro atoms. The van der Waals surface area contributed by atoms with Crippen molar-refractivity contribution in [3.8, 4) is 5.75 Å². The molecule has 0 saturated carbocycles. The van der Waals surface area contributed by atoms with Crippen molar-refractivity contribution in [3.05, 3.63) is 35.7 Å². The van der Waals surface area contributed by atoms with Gasteiger partial charge in [-0.05, 0) is 18.2 Å². The minimum absolute atomic E-state index is 0.251. The fourth-order valence-electron chi connectivity index (χ4n) is 0.956. The molecule has 0 aromatic heterocycles. The van der Waals surface area contributed by atoms with Crippen LogP contribution in [0.25, 0.3) is 6.08 Å². The largest absolute Gasteiger partial charge is 0.497 e. The second-order valence-corrected chi connectivity index (χ2v) is 2.84. The van der Waals surface area contributed by atoms with Crippen LogP contribution in [0.4, 0.5) is 4.39 Å². The molecule has 0 radical (unpaired) electrons. The van der Waals surface area contributed by atoms with E-state index in [9.17, 15) is 4.39 Å². The van der Waals surface area contributed by atoms with Crippen LogP contribution in [0, 0.1) is 5.82 Å². The van der Waals surface area contributed by atoms with Crippen LogP contribution in [0.5, 0.6) is 5.75 Å². The Kier molecular flexibility index (Phi) is 3.83. The number of halogens is 1. The van der Waals surface area contributed by atoms with Gasteiger partial charge in [0.1, 0.15) is 11.6 Å². The van der Waals surface area contributed by atoms with Gasteiger partial charge in [-0.2, -0.15) is 12.6 Å². The highest BCUT2D eigenvalue weighted by atomic mass is 32.1. The summed E-state index contributed by atoms with van der Waals surface area (Å²) >= 11 is 3.99. The molecule has 13 heavy (non-hydrogen) atoms. The number of methoxy groups -OCH3 is 1. The van der Waals surface area contributed by atoms with Crippen molar-refractivity contribution in [2.45, 2.75) is 0 Å². The Morgan fingerprint density at radius 1 is 1.54 bits per heavy atom. The third-order valence-corrected chi connectivity index (χ3v) is 1.82. The van der Waals surface area contributed by atoms with Gasteiger partial charge >= 0.3 is 0 Å². The predicted molar refractivity (Wildman–Crippen MR) is 55.8 cm³/mol. The lowest BCUT2D eigenvalue weighted by Crippen LogP contribution is -1.86. The normalized spacial score (nSPS) is 10.7. The SMILES string of the molecule is COc1ccc(F)c(C=CCS)c1. The van der Waals surface area contributed by atoms with Gasteiger partial charge in [-0.3, -0.25) is 0 Å². The zero-order valence-corrected chi connectivity index (χ0v) is 8.22. The molecule has 0 N–H and O–H groups in total. The molecule has 1 aromatic rings. The van der Waals surface area contributed by atoms with Crippen LogP contribution < -0.4 is 4.74 Å². The maximum Gasteiger partial charge on any atom is 0.130 e. The van der Waals surface area contributed by atoms with Crippen molar-refractivity contribution in [1.82, 2.24) is 0 Å². The van der Waals surface area contributed by atoms with E-state index in [0.717, 1.165) is 0 Å². The summed E-state index contributed by atoms with van der Waals surface area (Å²) in [7, 11) is 1.55. The highest BCUT2D eigenvalue weighted by Crippen LogP contribution is 2.17. The predicted octanol–water partition coefficient (Wildman–Crippen LogP) is 2.78. The molecular formula is C10H11FOS. The molecule has 1 aromatic carbocycles. The number of thiol groups is 1. The Bertz CT molecular complexity index is 310. The fraction of sp³-hybridized carbons (Fsp3) is 0.200. The molecule has 1 nitrogen and oxygen atoms in total. The minimum Gasteiger partial charge on any atom is -0.497 e. The van der Waals surface area contributed by atoms with Crippen molar-refractivity contribution >= 4 is 18.7 Å². The Morgan fingerprint density at radius 3 is 2.92 bits per heavy atom. The van der Waals surface area contributed by atoms with E-state index in [2.05, 4.69) is 12.6 Å². The first-order valence-corrected chi connectivity index (χ1v) is 4.52. The Labute approximate surface area is 82.6 Å². The van der Waals surface area contributed by atoms with Crippen LogP contribution >= 0.6 is 12.6 Å². The summed E-state index contributed by atoms with van der Waals surface area (Å²) in [5.41, 5.74) is 0.522. The van der Waals surface area contributed by atoms with Gasteiger partial charge in [-0.1, -0.05) is 12.2 Å². The lowest BCUT2D eigenvalue weighted by atomic mass is 10.2. The van der Waals surface area contributed by atoms with Crippen LogP contribution in [-0.4, -0.2) is 12.9 Å². The summed E-state index contributed by atoms with van der Waals surface area (Å²) in [6.45, 7) is 0. The van der Waals surface area contributed by atoms with E-state index >= 15 is 0 Å². The molecule has 0 aliphatic rings. The monoisotopic (exact) mass is 198 g/mol. The summed E-state index contributed by atoms with van der Waals surface area (Å²) in [5.74, 6) is 0.996. The van der Waals surface area contributed by atoms with E-state index in [1.165, 1.54) is 6.07 Å². The van der Waals surface area contributed by atoms with Crippen LogP contribution in [0.15, 0.2) is 24.3 Å². The number of ether oxygens (including phenoxy) is 1. The molecule has 1 rings (SSSR count). The van der Waals surface area contributed by atoms with Gasteiger partial charge in [-0.15, -0.1) is 0 Å². The van der Waals surface area contributed by atoms with Gasteiger partial charge < -0.3 is 4.74 Å². The summed E-state index contributed by atoms with van der Waals surface area (Å²) in [6.07, 6.45) is 3.46. The zero-order chi connectivity index (χ0) is 9.68. The van der Waals surface area contributed by atoms with Crippen molar-refractivity contribution in [1.29, 1.82) is 0 Å². The van der Waals surface area contributed by atoms with Crippen molar-refractivity contribution in [3.63, 3.8) is 0 Å². The molecule has 70 valence electrons. The smallest absolute Gasteiger partial charge is 0.130 e. The topological polar surface area (TPSA) is 9.23 Å². The van der Waals surface area contributed by atoms with E-state index < -0.39 is 0 Å². The van der Waals surface area contributed by atoms with Gasteiger partial charge in [0.25, 0.3) is 0 Å². The first kappa shape index (κ1) is 10.1. The highest BCUT2D eigenvalue weighted by Gasteiger charge is 1.99. The standard InChI is InChI=1S/C10H11FOS/c1-12-9-4-5-10(11)8(7-9)3-2-6-13/h2-5,7,13H,6H2,1H3. The van der Waals surface area contributed by atoms with E-state index in [-0.39, 0.29) is 5.82 Å². The first-order valence-electron chi connectivity index (χ1n) is 3.89. The van der Waals surface area contributed by atoms with Crippen molar-refractivity contribution < 1.29 is 9.13 Å². The number of benzene rings is 1. The molecule has 0 bridgehead atoms. The Hall–Kier alpha value is -0.960. The molecule has 0 saturated heterocycles. The van der Waals surface area contributed by atoms with Crippen LogP contribution in [0.3, 0.4) is 0 Å². The van der Waals surface area contributed by atoms with Crippen LogP contribution in [0.1, 0.15) is 5.56 Å². The average Bonchev–Trinajstić information content (AvgIpc) is 2.17. The lowest BCUT2D eigenvalue weighted by Gasteiger charge is -2.01. The van der Waals surface area contributed by atoms with Gasteiger partial charge in [0.2, 0.25) is 0 Å². The van der Waals surface area contributed by atoms with Gasteiger partial charge in [0.15, 0.2) is 0 Å². The first-order chi connectivity index (χ1) is 6.27. The molecule has 0 atom stereocenters. The Balaban J connectivity index is 2.97. The van der Waals surface area contributed by atoms with E-state index in [1.807, 2.05) is 0 Å². The molecule has 0 heterocycles. The maximum atomic E-state index is 13.1. The molecule has 0 aliphatic heterocycles. The highest BCUT2D eigenvalue weighted by molar-refractivity contribution is 7.80. The van der Waals surface area contributed by atoms with Crippen molar-refractivity contribution in [2.75, 3.05) is 12.9 Å². The molecule has 0 unspecified atom stereocenters. The maximum absolute atomic E-state index is 13.1. The van der Waals surface area contributed by atoms with Gasteiger partial charge in [0.05, 0.1) is 7.11 Å². The fourth-order valence-corrected chi connectivity index (χ4v) is 1.06. The second kappa shape index (κ2) is 4.92. The zero-order valence-electron chi connectivity index (χ0n) is 7.33. The second-order valence-electron chi connectivity index (χ2n) is 2.47. The molecule has 3 heteroatoms. The van der Waals surface area contributed by atoms with Crippen LogP contribution in [0.2, 0.25) is 0 Å². The van der Waals surface area contributed by atoms with Gasteiger partial charge in [-0.25, -0.2) is 4.39 Å². The van der Waals surface area contributed by atoms with E-state index in [1.54, 1.807) is 31.4 Å². The van der Waals surface area contributed by atoms with Gasteiger partial charge in [0, 0.05) is 11.3 Å². The Morgan fingerprint density at radius 2 is 2.31 bits per heavy atom. The lowest BCUT2D eigenvalue weighted by molar-refractivity contribution is 0.413. The van der Waals surface area contributed by atoms with Crippen LogP contribution in [-0.2, 0) is 0 Å². The quantitative estimate of drug-likeness (QED) is 0.735. The molecule has 0 aliphatic carbocycles. The summed E-state index contributed by atoms with van der Waals surface area (Å²) in [4.78, 5) is 0. The van der Waals surface area contributed by atoms with E-state index in [0.29, 0.717) is 17.1 Å². The number of hydrogen-bond donors (Lipinski definition) is 1. The number of rotatable bonds is 3. The number of hydrogen-bond acceptors (Lipinski definition) is 2. The molecular weight excluding hydrogens is 187 g/mol. The summed E-state index contributed by atoms with van der Waals surface area (Å²) in [6, 6.07) is 4.62. The third-order valence-electron chi connectivity index (χ3n) is 1.61. The minimum atomic E-state index is -0.251. The molecule has 0 fully saturated rings. The van der Waals surface area contributed by atoms with E-state index in [4.69, 9.17) is 4.74 Å². The molecule has 0 amide bonds. The third kappa shape index (κ3) is 2.77. The summed E-state index contributed by atoms with van der Waals surface area (Å²) < 4.78 is 18.1. The average molecular weight is 198 g/mol. The van der Waals surface area contributed by atoms with Crippen molar-refractivity contribution in [2.24, 2.45) is 0 Å². The summed E-state index contributed by atoms with van der Waals surface area (Å²) in [5, 5.41) is 0.